The molecule has 0 aromatic heterocycles. The Morgan fingerprint density at radius 2 is 1.31 bits per heavy atom. The Kier molecular flexibility index (Phi) is 11.3. The van der Waals surface area contributed by atoms with E-state index in [1.807, 2.05) is 49.4 Å². The van der Waals surface area contributed by atoms with Gasteiger partial charge >= 0.3 is 0 Å². The Bertz CT molecular complexity index is 1260. The third kappa shape index (κ3) is 7.36. The molecule has 0 N–H and O–H groups in total. The maximum atomic E-state index is 14.3. The number of benzene rings is 3. The molecule has 0 aliphatic rings. The van der Waals surface area contributed by atoms with E-state index < -0.39 is 15.1 Å². The van der Waals surface area contributed by atoms with Gasteiger partial charge in [-0.3, -0.25) is 0 Å². The lowest BCUT2D eigenvalue weighted by Gasteiger charge is -2.27. The largest absolute Gasteiger partial charge is 0.496 e. The molecule has 3 aromatic carbocycles. The molecule has 0 bridgehead atoms. The molecular formula is C33H46N2O3S. The highest BCUT2D eigenvalue weighted by atomic mass is 32.2. The van der Waals surface area contributed by atoms with Gasteiger partial charge in [0.1, 0.15) is 11.0 Å². The first-order chi connectivity index (χ1) is 18.8. The van der Waals surface area contributed by atoms with Crippen molar-refractivity contribution in [1.29, 1.82) is 0 Å². The highest BCUT2D eigenvalue weighted by Crippen LogP contribution is 2.41. The predicted octanol–water partition coefficient (Wildman–Crippen LogP) is 7.82. The van der Waals surface area contributed by atoms with Gasteiger partial charge in [-0.15, -0.1) is 0 Å². The van der Waals surface area contributed by atoms with Crippen LogP contribution in [0.1, 0.15) is 75.3 Å². The van der Waals surface area contributed by atoms with E-state index in [-0.39, 0.29) is 0 Å². The number of unbranched alkanes of at least 4 members (excludes halogenated alkanes) is 2. The molecule has 0 heterocycles. The normalized spacial score (nSPS) is 12.3. The van der Waals surface area contributed by atoms with Crippen molar-refractivity contribution in [2.24, 2.45) is 0 Å². The molecule has 0 saturated carbocycles. The van der Waals surface area contributed by atoms with E-state index in [2.05, 4.69) is 49.6 Å². The fourth-order valence-electron chi connectivity index (χ4n) is 5.02. The van der Waals surface area contributed by atoms with Crippen LogP contribution in [-0.2, 0) is 9.84 Å². The van der Waals surface area contributed by atoms with Crippen molar-refractivity contribution in [1.82, 2.24) is 0 Å². The second-order valence-corrected chi connectivity index (χ2v) is 12.2. The molecule has 0 amide bonds. The van der Waals surface area contributed by atoms with Gasteiger partial charge in [-0.2, -0.15) is 0 Å². The van der Waals surface area contributed by atoms with Crippen molar-refractivity contribution >= 4 is 21.2 Å². The summed E-state index contributed by atoms with van der Waals surface area (Å²) in [6.45, 7) is 14.3. The zero-order chi connectivity index (χ0) is 28.4. The molecular weight excluding hydrogens is 504 g/mol. The van der Waals surface area contributed by atoms with Crippen LogP contribution >= 0.6 is 0 Å². The van der Waals surface area contributed by atoms with Crippen molar-refractivity contribution in [2.45, 2.75) is 70.4 Å². The van der Waals surface area contributed by atoms with Gasteiger partial charge in [0.2, 0.25) is 0 Å². The van der Waals surface area contributed by atoms with E-state index in [4.69, 9.17) is 4.74 Å². The number of rotatable bonds is 15. The summed E-state index contributed by atoms with van der Waals surface area (Å²) >= 11 is 0. The molecule has 0 spiro atoms. The Balaban J connectivity index is 2.14. The fraction of sp³-hybridized carbons (Fsp3) is 0.455. The summed E-state index contributed by atoms with van der Waals surface area (Å²) < 4.78 is 34.4. The highest BCUT2D eigenvalue weighted by Gasteiger charge is 2.33. The maximum absolute atomic E-state index is 14.3. The van der Waals surface area contributed by atoms with Crippen molar-refractivity contribution < 1.29 is 13.2 Å². The lowest BCUT2D eigenvalue weighted by molar-refractivity contribution is 0.409. The number of methoxy groups -OCH3 is 1. The smallest absolute Gasteiger partial charge is 0.189 e. The monoisotopic (exact) mass is 550 g/mol. The lowest BCUT2D eigenvalue weighted by atomic mass is 10.0. The number of ether oxygens (including phenoxy) is 1. The van der Waals surface area contributed by atoms with Crippen LogP contribution in [0.25, 0.3) is 0 Å². The highest BCUT2D eigenvalue weighted by molar-refractivity contribution is 7.92. The summed E-state index contributed by atoms with van der Waals surface area (Å²) in [5.74, 6) is 0.580. The van der Waals surface area contributed by atoms with Crippen LogP contribution < -0.4 is 14.5 Å². The van der Waals surface area contributed by atoms with Gasteiger partial charge in [0.05, 0.1) is 12.0 Å². The van der Waals surface area contributed by atoms with Crippen molar-refractivity contribution in [2.75, 3.05) is 43.1 Å². The fourth-order valence-corrected chi connectivity index (χ4v) is 6.85. The molecule has 5 nitrogen and oxygen atoms in total. The van der Waals surface area contributed by atoms with E-state index >= 15 is 0 Å². The number of aryl methyl sites for hydroxylation is 1. The second-order valence-electron chi connectivity index (χ2n) is 10.1. The van der Waals surface area contributed by atoms with Crippen LogP contribution in [0, 0.1) is 6.92 Å². The summed E-state index contributed by atoms with van der Waals surface area (Å²) in [6, 6.07) is 21.1. The quantitative estimate of drug-likeness (QED) is 0.193. The average Bonchev–Trinajstić information content (AvgIpc) is 2.95. The zero-order valence-electron chi connectivity index (χ0n) is 24.6. The standard InChI is InChI=1S/C33H46N2O3S/c1-7-11-23-35(24-12-8-2)28-17-15-27(16-18-28)33(39(36,37)30-20-13-26(5)14-21-30)31-22-19-29(25-32(31)38-6)34(9-3)10-4/h13-22,25,33H,7-12,23-24H2,1-6H3. The third-order valence-electron chi connectivity index (χ3n) is 7.41. The second kappa shape index (κ2) is 14.4. The van der Waals surface area contributed by atoms with Gasteiger partial charge in [0, 0.05) is 49.2 Å². The molecule has 0 fully saturated rings. The zero-order valence-corrected chi connectivity index (χ0v) is 25.4. The minimum atomic E-state index is -3.77. The first kappa shape index (κ1) is 30.6. The van der Waals surface area contributed by atoms with Gasteiger partial charge in [-0.05, 0) is 69.5 Å². The summed E-state index contributed by atoms with van der Waals surface area (Å²) in [7, 11) is -2.16. The van der Waals surface area contributed by atoms with Gasteiger partial charge in [0.25, 0.3) is 0 Å². The predicted molar refractivity (Wildman–Crippen MR) is 165 cm³/mol. The summed E-state index contributed by atoms with van der Waals surface area (Å²) in [6.07, 6.45) is 4.54. The van der Waals surface area contributed by atoms with Crippen molar-refractivity contribution in [3.63, 3.8) is 0 Å². The molecule has 6 heteroatoms. The van der Waals surface area contributed by atoms with E-state index in [9.17, 15) is 8.42 Å². The lowest BCUT2D eigenvalue weighted by Crippen LogP contribution is -2.25. The summed E-state index contributed by atoms with van der Waals surface area (Å²) in [5, 5.41) is -0.894. The van der Waals surface area contributed by atoms with E-state index in [0.717, 1.165) is 74.4 Å². The molecule has 3 aromatic rings. The molecule has 0 saturated heterocycles. The first-order valence-corrected chi connectivity index (χ1v) is 15.9. The van der Waals surface area contributed by atoms with Crippen LogP contribution in [0.2, 0.25) is 0 Å². The van der Waals surface area contributed by atoms with Crippen LogP contribution in [-0.4, -0.2) is 41.7 Å². The first-order valence-electron chi connectivity index (χ1n) is 14.4. The summed E-state index contributed by atoms with van der Waals surface area (Å²) in [5.41, 5.74) is 4.56. The van der Waals surface area contributed by atoms with Crippen LogP contribution in [0.4, 0.5) is 11.4 Å². The Labute approximate surface area is 236 Å². The van der Waals surface area contributed by atoms with Crippen LogP contribution in [0.3, 0.4) is 0 Å². The third-order valence-corrected chi connectivity index (χ3v) is 9.49. The van der Waals surface area contributed by atoms with Crippen LogP contribution in [0.15, 0.2) is 71.6 Å². The van der Waals surface area contributed by atoms with Gasteiger partial charge in [-0.1, -0.05) is 62.6 Å². The molecule has 1 atom stereocenters. The van der Waals surface area contributed by atoms with E-state index in [1.54, 1.807) is 19.2 Å². The SMILES string of the molecule is CCCCN(CCCC)c1ccc(C(c2ccc(N(CC)CC)cc2OC)S(=O)(=O)c2ccc(C)cc2)cc1. The molecule has 39 heavy (non-hydrogen) atoms. The molecule has 3 rings (SSSR count). The van der Waals surface area contributed by atoms with E-state index in [0.29, 0.717) is 16.2 Å². The Hall–Kier alpha value is -2.99. The van der Waals surface area contributed by atoms with E-state index in [1.165, 1.54) is 0 Å². The van der Waals surface area contributed by atoms with Crippen molar-refractivity contribution in [3.05, 3.63) is 83.4 Å². The van der Waals surface area contributed by atoms with Gasteiger partial charge in [-0.25, -0.2) is 8.42 Å². The van der Waals surface area contributed by atoms with Crippen LogP contribution in [0.5, 0.6) is 5.75 Å². The van der Waals surface area contributed by atoms with Crippen molar-refractivity contribution in [3.8, 4) is 5.75 Å². The average molecular weight is 551 g/mol. The topological polar surface area (TPSA) is 49.9 Å². The molecule has 0 radical (unpaired) electrons. The van der Waals surface area contributed by atoms with Gasteiger partial charge in [0.15, 0.2) is 9.84 Å². The minimum absolute atomic E-state index is 0.310. The maximum Gasteiger partial charge on any atom is 0.189 e. The molecule has 0 aliphatic carbocycles. The number of nitrogens with zero attached hydrogens (tertiary/aromatic N) is 2. The number of hydrogen-bond donors (Lipinski definition) is 0. The number of sulfone groups is 1. The van der Waals surface area contributed by atoms with Gasteiger partial charge < -0.3 is 14.5 Å². The number of hydrogen-bond acceptors (Lipinski definition) is 5. The Morgan fingerprint density at radius 1 is 0.744 bits per heavy atom. The summed E-state index contributed by atoms with van der Waals surface area (Å²) in [4.78, 5) is 4.95. The number of anilines is 2. The molecule has 1 unspecified atom stereocenters. The minimum Gasteiger partial charge on any atom is -0.496 e. The Morgan fingerprint density at radius 3 is 1.82 bits per heavy atom. The molecule has 0 aliphatic heterocycles. The molecule has 212 valence electrons.